The van der Waals surface area contributed by atoms with Gasteiger partial charge >= 0.3 is 6.03 Å². The first kappa shape index (κ1) is 16.4. The molecule has 1 fully saturated rings. The van der Waals surface area contributed by atoms with E-state index in [4.69, 9.17) is 5.26 Å². The van der Waals surface area contributed by atoms with E-state index in [0.29, 0.717) is 23.2 Å². The van der Waals surface area contributed by atoms with Gasteiger partial charge in [0.2, 0.25) is 0 Å². The van der Waals surface area contributed by atoms with Gasteiger partial charge in [0, 0.05) is 24.8 Å². The van der Waals surface area contributed by atoms with E-state index in [-0.39, 0.29) is 11.6 Å². The Balaban J connectivity index is 2.18. The van der Waals surface area contributed by atoms with E-state index in [1.54, 1.807) is 12.3 Å². The number of hydrogen-bond donors (Lipinski definition) is 1. The van der Waals surface area contributed by atoms with Crippen molar-refractivity contribution in [1.82, 2.24) is 9.47 Å². The highest BCUT2D eigenvalue weighted by atomic mass is 16.2. The molecule has 1 N–H and O–H groups in total. The van der Waals surface area contributed by atoms with Crippen LogP contribution in [0.5, 0.6) is 0 Å². The molecule has 120 valence electrons. The van der Waals surface area contributed by atoms with Crippen molar-refractivity contribution in [2.24, 2.45) is 11.8 Å². The van der Waals surface area contributed by atoms with Crippen molar-refractivity contribution >= 4 is 11.8 Å². The van der Waals surface area contributed by atoms with E-state index in [1.807, 2.05) is 9.47 Å². The Kier molecular flexibility index (Phi) is 4.50. The second-order valence-electron chi connectivity index (χ2n) is 7.55. The standard InChI is InChI=1S/C17H26N4O/c1-12-6-13(2)10-20(9-12)16(22)19-15-7-14(8-18)11-21(15)17(3,4)5/h7,11-13H,6,9-10H2,1-5H3,(H,19,22)/t12-,13-/m1/s1. The highest BCUT2D eigenvalue weighted by molar-refractivity contribution is 5.89. The van der Waals surface area contributed by atoms with Crippen molar-refractivity contribution in [1.29, 1.82) is 5.26 Å². The second kappa shape index (κ2) is 6.04. The Morgan fingerprint density at radius 3 is 2.41 bits per heavy atom. The molecule has 0 bridgehead atoms. The number of likely N-dealkylation sites (tertiary alicyclic amines) is 1. The first-order valence-electron chi connectivity index (χ1n) is 7.89. The lowest BCUT2D eigenvalue weighted by molar-refractivity contribution is 0.156. The Bertz CT molecular complexity index is 581. The SMILES string of the molecule is C[C@@H]1C[C@@H](C)CN(C(=O)Nc2cc(C#N)cn2C(C)(C)C)C1. The molecule has 1 aliphatic heterocycles. The molecular formula is C17H26N4O. The smallest absolute Gasteiger partial charge is 0.322 e. The number of anilines is 1. The van der Waals surface area contributed by atoms with E-state index in [1.165, 1.54) is 6.42 Å². The number of nitrogens with zero attached hydrogens (tertiary/aromatic N) is 3. The van der Waals surface area contributed by atoms with Crippen LogP contribution in [0, 0.1) is 23.2 Å². The lowest BCUT2D eigenvalue weighted by atomic mass is 9.92. The zero-order chi connectivity index (χ0) is 16.5. The molecule has 2 atom stereocenters. The summed E-state index contributed by atoms with van der Waals surface area (Å²) in [6, 6.07) is 3.80. The van der Waals surface area contributed by atoms with E-state index >= 15 is 0 Å². The average Bonchev–Trinajstić information content (AvgIpc) is 2.80. The van der Waals surface area contributed by atoms with Crippen LogP contribution in [-0.4, -0.2) is 28.6 Å². The summed E-state index contributed by atoms with van der Waals surface area (Å²) < 4.78 is 1.94. The molecule has 0 aromatic carbocycles. The lowest BCUT2D eigenvalue weighted by Gasteiger charge is -2.35. The molecule has 0 saturated carbocycles. The minimum atomic E-state index is -0.194. The number of carbonyl (C=O) groups excluding carboxylic acids is 1. The number of amides is 2. The number of nitriles is 1. The van der Waals surface area contributed by atoms with Crippen molar-refractivity contribution in [3.63, 3.8) is 0 Å². The topological polar surface area (TPSA) is 61.1 Å². The van der Waals surface area contributed by atoms with Crippen molar-refractivity contribution in [3.05, 3.63) is 17.8 Å². The molecule has 2 amide bonds. The monoisotopic (exact) mass is 302 g/mol. The quantitative estimate of drug-likeness (QED) is 0.861. The van der Waals surface area contributed by atoms with Crippen LogP contribution in [-0.2, 0) is 5.54 Å². The molecule has 0 radical (unpaired) electrons. The summed E-state index contributed by atoms with van der Waals surface area (Å²) in [4.78, 5) is 14.4. The van der Waals surface area contributed by atoms with Crippen LogP contribution < -0.4 is 5.32 Å². The van der Waals surface area contributed by atoms with Crippen molar-refractivity contribution in [2.75, 3.05) is 18.4 Å². The fourth-order valence-electron chi connectivity index (χ4n) is 3.19. The Morgan fingerprint density at radius 2 is 1.91 bits per heavy atom. The first-order chi connectivity index (χ1) is 10.2. The van der Waals surface area contributed by atoms with Gasteiger partial charge in [0.25, 0.3) is 0 Å². The summed E-state index contributed by atoms with van der Waals surface area (Å²) >= 11 is 0. The molecule has 2 rings (SSSR count). The number of piperidine rings is 1. The average molecular weight is 302 g/mol. The molecule has 0 aliphatic carbocycles. The van der Waals surface area contributed by atoms with E-state index in [0.717, 1.165) is 13.1 Å². The number of urea groups is 1. The van der Waals surface area contributed by atoms with Crippen LogP contribution in [0.4, 0.5) is 10.6 Å². The third kappa shape index (κ3) is 3.62. The van der Waals surface area contributed by atoms with Gasteiger partial charge in [0.15, 0.2) is 0 Å². The van der Waals surface area contributed by atoms with E-state index in [9.17, 15) is 4.79 Å². The van der Waals surface area contributed by atoms with Gasteiger partial charge < -0.3 is 9.47 Å². The van der Waals surface area contributed by atoms with Crippen molar-refractivity contribution < 1.29 is 4.79 Å². The van der Waals surface area contributed by atoms with Crippen LogP contribution in [0.1, 0.15) is 46.6 Å². The Labute approximate surface area is 132 Å². The van der Waals surface area contributed by atoms with Crippen LogP contribution in [0.3, 0.4) is 0 Å². The molecule has 5 nitrogen and oxygen atoms in total. The maximum absolute atomic E-state index is 12.6. The fraction of sp³-hybridized carbons (Fsp3) is 0.647. The number of rotatable bonds is 1. The van der Waals surface area contributed by atoms with Crippen LogP contribution in [0.2, 0.25) is 0 Å². The summed E-state index contributed by atoms with van der Waals surface area (Å²) in [5.74, 6) is 1.73. The highest BCUT2D eigenvalue weighted by Crippen LogP contribution is 2.26. The van der Waals surface area contributed by atoms with Gasteiger partial charge in [0.05, 0.1) is 5.56 Å². The maximum atomic E-state index is 12.6. The molecular weight excluding hydrogens is 276 g/mol. The van der Waals surface area contributed by atoms with Crippen molar-refractivity contribution in [2.45, 2.75) is 46.6 Å². The van der Waals surface area contributed by atoms with Gasteiger partial charge in [-0.25, -0.2) is 4.79 Å². The number of nitrogens with one attached hydrogen (secondary N) is 1. The summed E-state index contributed by atoms with van der Waals surface area (Å²) in [6.07, 6.45) is 2.96. The van der Waals surface area contributed by atoms with Crippen LogP contribution in [0.15, 0.2) is 12.3 Å². The van der Waals surface area contributed by atoms with Crippen LogP contribution in [0.25, 0.3) is 0 Å². The zero-order valence-corrected chi connectivity index (χ0v) is 14.2. The molecule has 5 heteroatoms. The fourth-order valence-corrected chi connectivity index (χ4v) is 3.19. The number of carbonyl (C=O) groups is 1. The molecule has 1 aromatic rings. The molecule has 1 aliphatic rings. The lowest BCUT2D eigenvalue weighted by Crippen LogP contribution is -2.45. The summed E-state index contributed by atoms with van der Waals surface area (Å²) in [6.45, 7) is 12.1. The van der Waals surface area contributed by atoms with Gasteiger partial charge in [-0.05, 0) is 45.1 Å². The summed E-state index contributed by atoms with van der Waals surface area (Å²) in [7, 11) is 0. The molecule has 22 heavy (non-hydrogen) atoms. The third-order valence-electron chi connectivity index (χ3n) is 4.06. The largest absolute Gasteiger partial charge is 0.328 e. The normalized spacial score (nSPS) is 22.3. The predicted molar refractivity (Wildman–Crippen MR) is 87.7 cm³/mol. The van der Waals surface area contributed by atoms with Gasteiger partial charge in [0.1, 0.15) is 11.9 Å². The highest BCUT2D eigenvalue weighted by Gasteiger charge is 2.27. The zero-order valence-electron chi connectivity index (χ0n) is 14.2. The first-order valence-corrected chi connectivity index (χ1v) is 7.89. The molecule has 1 aromatic heterocycles. The summed E-state index contributed by atoms with van der Waals surface area (Å²) in [5, 5.41) is 12.1. The van der Waals surface area contributed by atoms with Crippen molar-refractivity contribution in [3.8, 4) is 6.07 Å². The van der Waals surface area contributed by atoms with E-state index < -0.39 is 0 Å². The summed E-state index contributed by atoms with van der Waals surface area (Å²) in [5.41, 5.74) is 0.366. The van der Waals surface area contributed by atoms with Gasteiger partial charge in [-0.2, -0.15) is 5.26 Å². The maximum Gasteiger partial charge on any atom is 0.322 e. The molecule has 0 spiro atoms. The minimum Gasteiger partial charge on any atom is -0.328 e. The minimum absolute atomic E-state index is 0.0773. The Hall–Kier alpha value is -1.96. The molecule has 1 saturated heterocycles. The third-order valence-corrected chi connectivity index (χ3v) is 4.06. The van der Waals surface area contributed by atoms with Crippen LogP contribution >= 0.6 is 0 Å². The Morgan fingerprint density at radius 1 is 1.32 bits per heavy atom. The predicted octanol–water partition coefficient (Wildman–Crippen LogP) is 3.62. The molecule has 2 heterocycles. The van der Waals surface area contributed by atoms with E-state index in [2.05, 4.69) is 46.0 Å². The number of hydrogen-bond acceptors (Lipinski definition) is 2. The molecule has 0 unspecified atom stereocenters. The van der Waals surface area contributed by atoms with Gasteiger partial charge in [-0.3, -0.25) is 5.32 Å². The van der Waals surface area contributed by atoms with Gasteiger partial charge in [-0.15, -0.1) is 0 Å². The second-order valence-corrected chi connectivity index (χ2v) is 7.55. The van der Waals surface area contributed by atoms with Gasteiger partial charge in [-0.1, -0.05) is 13.8 Å². The number of aromatic nitrogens is 1.